The number of phenolic OH excluding ortho intramolecular Hbond substituents is 1. The number of anilines is 1. The van der Waals surface area contributed by atoms with Crippen molar-refractivity contribution < 1.29 is 19.5 Å². The highest BCUT2D eigenvalue weighted by Gasteiger charge is 2.15. The van der Waals surface area contributed by atoms with Gasteiger partial charge in [0.1, 0.15) is 5.75 Å². The van der Waals surface area contributed by atoms with Crippen LogP contribution in [0.2, 0.25) is 0 Å². The van der Waals surface area contributed by atoms with Crippen LogP contribution in [0, 0.1) is 0 Å². The third-order valence-corrected chi connectivity index (χ3v) is 2.49. The van der Waals surface area contributed by atoms with E-state index in [0.717, 1.165) is 5.69 Å². The molecular formula is C12H12N2O4. The molecule has 0 saturated carbocycles. The molecule has 0 aliphatic carbocycles. The van der Waals surface area contributed by atoms with E-state index in [1.807, 2.05) is 19.0 Å². The van der Waals surface area contributed by atoms with E-state index in [2.05, 4.69) is 5.16 Å². The SMILES string of the molecule is CN(C)c1ccc(O)c(-c2cc(C(=O)O)no2)c1. The van der Waals surface area contributed by atoms with E-state index in [1.165, 1.54) is 12.1 Å². The van der Waals surface area contributed by atoms with E-state index in [4.69, 9.17) is 9.63 Å². The predicted octanol–water partition coefficient (Wildman–Crippen LogP) is 1.81. The van der Waals surface area contributed by atoms with Crippen molar-refractivity contribution in [2.45, 2.75) is 0 Å². The molecular weight excluding hydrogens is 236 g/mol. The van der Waals surface area contributed by atoms with E-state index < -0.39 is 5.97 Å². The van der Waals surface area contributed by atoms with Crippen LogP contribution in [-0.2, 0) is 0 Å². The summed E-state index contributed by atoms with van der Waals surface area (Å²) < 4.78 is 4.92. The average Bonchev–Trinajstić information content (AvgIpc) is 2.78. The lowest BCUT2D eigenvalue weighted by atomic mass is 10.1. The maximum Gasteiger partial charge on any atom is 0.358 e. The number of aromatic hydroxyl groups is 1. The zero-order valence-corrected chi connectivity index (χ0v) is 9.91. The minimum absolute atomic E-state index is 0.00805. The van der Waals surface area contributed by atoms with Gasteiger partial charge in [0.2, 0.25) is 0 Å². The number of aromatic carboxylic acids is 1. The van der Waals surface area contributed by atoms with Gasteiger partial charge in [-0.05, 0) is 18.2 Å². The van der Waals surface area contributed by atoms with Gasteiger partial charge < -0.3 is 19.6 Å². The maximum absolute atomic E-state index is 10.7. The first-order valence-corrected chi connectivity index (χ1v) is 5.20. The van der Waals surface area contributed by atoms with E-state index >= 15 is 0 Å². The van der Waals surface area contributed by atoms with Crippen LogP contribution >= 0.6 is 0 Å². The van der Waals surface area contributed by atoms with Crippen molar-refractivity contribution in [2.75, 3.05) is 19.0 Å². The minimum Gasteiger partial charge on any atom is -0.507 e. The highest BCUT2D eigenvalue weighted by atomic mass is 16.5. The van der Waals surface area contributed by atoms with E-state index in [-0.39, 0.29) is 17.2 Å². The second kappa shape index (κ2) is 4.40. The standard InChI is InChI=1S/C12H12N2O4/c1-14(2)7-3-4-10(15)8(5-7)11-6-9(12(16)17)13-18-11/h3-6,15H,1-2H3,(H,16,17). The molecule has 6 nitrogen and oxygen atoms in total. The van der Waals surface area contributed by atoms with Gasteiger partial charge in [-0.15, -0.1) is 0 Å². The van der Waals surface area contributed by atoms with Crippen LogP contribution in [0.3, 0.4) is 0 Å². The summed E-state index contributed by atoms with van der Waals surface area (Å²) in [4.78, 5) is 12.6. The molecule has 18 heavy (non-hydrogen) atoms. The molecule has 1 heterocycles. The predicted molar refractivity (Wildman–Crippen MR) is 64.9 cm³/mol. The second-order valence-corrected chi connectivity index (χ2v) is 3.98. The van der Waals surface area contributed by atoms with E-state index in [1.54, 1.807) is 12.1 Å². The van der Waals surface area contributed by atoms with Gasteiger partial charge in [-0.25, -0.2) is 4.79 Å². The molecule has 0 spiro atoms. The topological polar surface area (TPSA) is 86.8 Å². The van der Waals surface area contributed by atoms with Crippen LogP contribution in [0.15, 0.2) is 28.8 Å². The van der Waals surface area contributed by atoms with Crippen LogP contribution in [0.1, 0.15) is 10.5 Å². The number of aromatic nitrogens is 1. The number of rotatable bonds is 3. The first-order valence-electron chi connectivity index (χ1n) is 5.20. The number of carbonyl (C=O) groups is 1. The molecule has 94 valence electrons. The number of hydrogen-bond donors (Lipinski definition) is 2. The first kappa shape index (κ1) is 12.0. The molecule has 2 aromatic rings. The molecule has 2 N–H and O–H groups in total. The van der Waals surface area contributed by atoms with Crippen molar-refractivity contribution in [3.8, 4) is 17.1 Å². The molecule has 0 unspecified atom stereocenters. The summed E-state index contributed by atoms with van der Waals surface area (Å²) in [6.07, 6.45) is 0. The van der Waals surface area contributed by atoms with Gasteiger partial charge >= 0.3 is 5.97 Å². The molecule has 0 aliphatic heterocycles. The Balaban J connectivity index is 2.48. The first-order chi connectivity index (χ1) is 8.49. The van der Waals surface area contributed by atoms with Crippen molar-refractivity contribution in [1.82, 2.24) is 5.16 Å². The fraction of sp³-hybridized carbons (Fsp3) is 0.167. The largest absolute Gasteiger partial charge is 0.507 e. The summed E-state index contributed by atoms with van der Waals surface area (Å²) in [5.41, 5.74) is 1.07. The Labute approximate surface area is 103 Å². The molecule has 6 heteroatoms. The molecule has 0 atom stereocenters. The summed E-state index contributed by atoms with van der Waals surface area (Å²) in [7, 11) is 3.72. The monoisotopic (exact) mass is 248 g/mol. The third-order valence-electron chi connectivity index (χ3n) is 2.49. The van der Waals surface area contributed by atoms with Gasteiger partial charge in [-0.1, -0.05) is 5.16 Å². The molecule has 0 saturated heterocycles. The smallest absolute Gasteiger partial charge is 0.358 e. The molecule has 0 bridgehead atoms. The maximum atomic E-state index is 10.7. The lowest BCUT2D eigenvalue weighted by molar-refractivity contribution is 0.0686. The van der Waals surface area contributed by atoms with Crippen molar-refractivity contribution in [1.29, 1.82) is 0 Å². The Hall–Kier alpha value is -2.50. The minimum atomic E-state index is -1.17. The molecule has 1 aromatic carbocycles. The summed E-state index contributed by atoms with van der Waals surface area (Å²) in [6, 6.07) is 6.24. The number of hydrogen-bond acceptors (Lipinski definition) is 5. The van der Waals surface area contributed by atoms with Crippen molar-refractivity contribution in [2.24, 2.45) is 0 Å². The Kier molecular flexibility index (Phi) is 2.93. The molecule has 1 aromatic heterocycles. The van der Waals surface area contributed by atoms with Crippen LogP contribution < -0.4 is 4.90 Å². The Morgan fingerprint density at radius 3 is 2.61 bits per heavy atom. The lowest BCUT2D eigenvalue weighted by Crippen LogP contribution is -2.08. The van der Waals surface area contributed by atoms with Crippen LogP contribution in [0.25, 0.3) is 11.3 Å². The fourth-order valence-corrected chi connectivity index (χ4v) is 1.50. The summed E-state index contributed by atoms with van der Waals surface area (Å²) in [6.45, 7) is 0. The number of carboxylic acid groups (broad SMARTS) is 1. The number of phenols is 1. The average molecular weight is 248 g/mol. The van der Waals surface area contributed by atoms with Crippen molar-refractivity contribution in [3.63, 3.8) is 0 Å². The number of benzene rings is 1. The molecule has 0 fully saturated rings. The second-order valence-electron chi connectivity index (χ2n) is 3.98. The van der Waals surface area contributed by atoms with Crippen LogP contribution in [0.5, 0.6) is 5.75 Å². The lowest BCUT2D eigenvalue weighted by Gasteiger charge is -2.13. The quantitative estimate of drug-likeness (QED) is 0.861. The Bertz CT molecular complexity index is 590. The highest BCUT2D eigenvalue weighted by Crippen LogP contribution is 2.32. The van der Waals surface area contributed by atoms with Gasteiger partial charge in [0.15, 0.2) is 11.5 Å². The number of carboxylic acids is 1. The Morgan fingerprint density at radius 1 is 1.33 bits per heavy atom. The zero-order valence-electron chi connectivity index (χ0n) is 9.91. The highest BCUT2D eigenvalue weighted by molar-refractivity contribution is 5.87. The van der Waals surface area contributed by atoms with Crippen LogP contribution in [0.4, 0.5) is 5.69 Å². The van der Waals surface area contributed by atoms with Crippen molar-refractivity contribution in [3.05, 3.63) is 30.0 Å². The molecule has 2 rings (SSSR count). The number of nitrogens with zero attached hydrogens (tertiary/aromatic N) is 2. The molecule has 0 aliphatic rings. The van der Waals surface area contributed by atoms with E-state index in [0.29, 0.717) is 5.56 Å². The van der Waals surface area contributed by atoms with Gasteiger partial charge in [0, 0.05) is 25.8 Å². The Morgan fingerprint density at radius 2 is 2.06 bits per heavy atom. The van der Waals surface area contributed by atoms with Crippen LogP contribution in [-0.4, -0.2) is 35.4 Å². The third kappa shape index (κ3) is 2.13. The summed E-state index contributed by atoms with van der Waals surface area (Å²) in [5.74, 6) is -0.949. The van der Waals surface area contributed by atoms with Gasteiger partial charge in [0.05, 0.1) is 5.56 Å². The van der Waals surface area contributed by atoms with Crippen molar-refractivity contribution >= 4 is 11.7 Å². The summed E-state index contributed by atoms with van der Waals surface area (Å²) >= 11 is 0. The zero-order chi connectivity index (χ0) is 13.3. The van der Waals surface area contributed by atoms with Gasteiger partial charge in [0.25, 0.3) is 0 Å². The van der Waals surface area contributed by atoms with E-state index in [9.17, 15) is 9.90 Å². The fourth-order valence-electron chi connectivity index (χ4n) is 1.50. The normalized spacial score (nSPS) is 10.3. The van der Waals surface area contributed by atoms with Gasteiger partial charge in [-0.3, -0.25) is 0 Å². The molecule has 0 amide bonds. The van der Waals surface area contributed by atoms with Gasteiger partial charge in [-0.2, -0.15) is 0 Å². The molecule has 0 radical (unpaired) electrons. The summed E-state index contributed by atoms with van der Waals surface area (Å²) in [5, 5.41) is 21.9.